The molecule has 27 heavy (non-hydrogen) atoms. The first-order valence-corrected chi connectivity index (χ1v) is 8.71. The maximum atomic E-state index is 12.3. The average molecular weight is 371 g/mol. The molecule has 6 nitrogen and oxygen atoms in total. The first-order valence-electron chi connectivity index (χ1n) is 8.71. The number of hydrogen-bond acceptors (Lipinski definition) is 5. The van der Waals surface area contributed by atoms with Gasteiger partial charge in [-0.15, -0.1) is 0 Å². The number of benzene rings is 2. The van der Waals surface area contributed by atoms with Crippen molar-refractivity contribution in [2.45, 2.75) is 25.9 Å². The molecule has 2 aromatic carbocycles. The Morgan fingerprint density at radius 2 is 1.56 bits per heavy atom. The van der Waals surface area contributed by atoms with Crippen molar-refractivity contribution in [3.8, 4) is 11.5 Å². The summed E-state index contributed by atoms with van der Waals surface area (Å²) in [5.41, 5.74) is 1.38. The monoisotopic (exact) mass is 371 g/mol. The molecule has 1 amide bonds. The molecule has 0 unspecified atom stereocenters. The summed E-state index contributed by atoms with van der Waals surface area (Å²) in [6.07, 6.45) is -0.919. The molecule has 0 aliphatic carbocycles. The van der Waals surface area contributed by atoms with Crippen LogP contribution in [0.1, 0.15) is 35.7 Å². The Morgan fingerprint density at radius 3 is 2.11 bits per heavy atom. The second-order valence-corrected chi connectivity index (χ2v) is 6.21. The standard InChI is InChI=1S/C21H25NO5/c1-14(16-8-6-5-7-9-16)13-22-20(23)15(2)27-21(24)17-10-18(25-3)12-19(11-17)26-4/h5-12,14-15H,13H2,1-4H3,(H,22,23)/t14-,15-/m0/s1. The lowest BCUT2D eigenvalue weighted by Gasteiger charge is -2.17. The van der Waals surface area contributed by atoms with Crippen LogP contribution in [0.4, 0.5) is 0 Å². The van der Waals surface area contributed by atoms with Gasteiger partial charge in [0.25, 0.3) is 5.91 Å². The lowest BCUT2D eigenvalue weighted by molar-refractivity contribution is -0.129. The summed E-state index contributed by atoms with van der Waals surface area (Å²) in [7, 11) is 2.99. The highest BCUT2D eigenvalue weighted by Gasteiger charge is 2.20. The van der Waals surface area contributed by atoms with E-state index in [0.29, 0.717) is 18.0 Å². The number of hydrogen-bond donors (Lipinski definition) is 1. The first-order chi connectivity index (χ1) is 12.9. The van der Waals surface area contributed by atoms with E-state index in [1.165, 1.54) is 33.3 Å². The molecule has 1 N–H and O–H groups in total. The van der Waals surface area contributed by atoms with E-state index in [-0.39, 0.29) is 17.4 Å². The number of nitrogens with one attached hydrogen (secondary N) is 1. The Bertz CT molecular complexity index is 753. The number of carbonyl (C=O) groups is 2. The molecular weight excluding hydrogens is 346 g/mol. The fourth-order valence-electron chi connectivity index (χ4n) is 2.50. The van der Waals surface area contributed by atoms with Crippen molar-refractivity contribution in [2.75, 3.05) is 20.8 Å². The van der Waals surface area contributed by atoms with E-state index < -0.39 is 12.1 Å². The van der Waals surface area contributed by atoms with Gasteiger partial charge in [-0.05, 0) is 30.5 Å². The van der Waals surface area contributed by atoms with E-state index in [2.05, 4.69) is 5.32 Å². The minimum Gasteiger partial charge on any atom is -0.497 e. The molecule has 0 bridgehead atoms. The molecule has 2 rings (SSSR count). The third kappa shape index (κ3) is 5.74. The maximum absolute atomic E-state index is 12.3. The van der Waals surface area contributed by atoms with Crippen LogP contribution in [0.5, 0.6) is 11.5 Å². The zero-order valence-corrected chi connectivity index (χ0v) is 16.0. The molecule has 0 aliphatic heterocycles. The summed E-state index contributed by atoms with van der Waals surface area (Å²) in [5, 5.41) is 2.82. The van der Waals surface area contributed by atoms with Gasteiger partial charge in [-0.2, -0.15) is 0 Å². The fraction of sp³-hybridized carbons (Fsp3) is 0.333. The molecule has 2 aromatic rings. The van der Waals surface area contributed by atoms with Gasteiger partial charge in [0.05, 0.1) is 19.8 Å². The predicted octanol–water partition coefficient (Wildman–Crippen LogP) is 3.17. The molecule has 0 spiro atoms. The van der Waals surface area contributed by atoms with Crippen LogP contribution in [0, 0.1) is 0 Å². The van der Waals surface area contributed by atoms with E-state index in [4.69, 9.17) is 14.2 Å². The topological polar surface area (TPSA) is 73.9 Å². The number of ether oxygens (including phenoxy) is 3. The second-order valence-electron chi connectivity index (χ2n) is 6.21. The van der Waals surface area contributed by atoms with E-state index in [0.717, 1.165) is 5.56 Å². The summed E-state index contributed by atoms with van der Waals surface area (Å²) < 4.78 is 15.6. The number of methoxy groups -OCH3 is 2. The summed E-state index contributed by atoms with van der Waals surface area (Å²) in [5.74, 6) is 0.123. The number of amides is 1. The van der Waals surface area contributed by atoms with Crippen molar-refractivity contribution in [3.05, 3.63) is 59.7 Å². The van der Waals surface area contributed by atoms with Gasteiger partial charge >= 0.3 is 5.97 Å². The smallest absolute Gasteiger partial charge is 0.339 e. The van der Waals surface area contributed by atoms with Gasteiger partial charge in [-0.3, -0.25) is 4.79 Å². The number of rotatable bonds is 8. The zero-order valence-electron chi connectivity index (χ0n) is 16.0. The summed E-state index contributed by atoms with van der Waals surface area (Å²) in [4.78, 5) is 24.6. The second kappa shape index (κ2) is 9.62. The Kier molecular flexibility index (Phi) is 7.23. The normalized spacial score (nSPS) is 12.6. The Labute approximate surface area is 159 Å². The predicted molar refractivity (Wildman–Crippen MR) is 102 cm³/mol. The Balaban J connectivity index is 1.92. The van der Waals surface area contributed by atoms with E-state index in [1.807, 2.05) is 37.3 Å². The molecule has 0 aromatic heterocycles. The highest BCUT2D eigenvalue weighted by Crippen LogP contribution is 2.23. The van der Waals surface area contributed by atoms with Gasteiger partial charge < -0.3 is 19.5 Å². The third-order valence-corrected chi connectivity index (χ3v) is 4.19. The number of esters is 1. The quantitative estimate of drug-likeness (QED) is 0.722. The summed E-state index contributed by atoms with van der Waals surface area (Å²) >= 11 is 0. The Morgan fingerprint density at radius 1 is 0.963 bits per heavy atom. The molecule has 2 atom stereocenters. The average Bonchev–Trinajstić information content (AvgIpc) is 2.71. The lowest BCUT2D eigenvalue weighted by Crippen LogP contribution is -2.37. The molecule has 0 aliphatic rings. The highest BCUT2D eigenvalue weighted by molar-refractivity contribution is 5.93. The van der Waals surface area contributed by atoms with Crippen LogP contribution in [-0.2, 0) is 9.53 Å². The van der Waals surface area contributed by atoms with Gasteiger partial charge in [-0.1, -0.05) is 37.3 Å². The van der Waals surface area contributed by atoms with Crippen LogP contribution in [0.15, 0.2) is 48.5 Å². The van der Waals surface area contributed by atoms with Crippen molar-refractivity contribution >= 4 is 11.9 Å². The number of carbonyl (C=O) groups excluding carboxylic acids is 2. The molecule has 0 heterocycles. The van der Waals surface area contributed by atoms with E-state index >= 15 is 0 Å². The van der Waals surface area contributed by atoms with Crippen LogP contribution >= 0.6 is 0 Å². The van der Waals surface area contributed by atoms with Gasteiger partial charge in [0, 0.05) is 12.6 Å². The van der Waals surface area contributed by atoms with Crippen molar-refractivity contribution in [1.29, 1.82) is 0 Å². The molecule has 0 fully saturated rings. The van der Waals surface area contributed by atoms with Crippen molar-refractivity contribution < 1.29 is 23.8 Å². The minimum absolute atomic E-state index is 0.153. The van der Waals surface area contributed by atoms with Crippen molar-refractivity contribution in [2.24, 2.45) is 0 Å². The lowest BCUT2D eigenvalue weighted by atomic mass is 10.0. The van der Waals surface area contributed by atoms with Crippen LogP contribution in [-0.4, -0.2) is 38.7 Å². The third-order valence-electron chi connectivity index (χ3n) is 4.19. The maximum Gasteiger partial charge on any atom is 0.339 e. The first kappa shape index (κ1) is 20.3. The van der Waals surface area contributed by atoms with E-state index in [1.54, 1.807) is 6.07 Å². The van der Waals surface area contributed by atoms with Gasteiger partial charge in [0.2, 0.25) is 0 Å². The molecule has 0 saturated carbocycles. The van der Waals surface area contributed by atoms with Crippen LogP contribution in [0.25, 0.3) is 0 Å². The van der Waals surface area contributed by atoms with Gasteiger partial charge in [0.1, 0.15) is 11.5 Å². The highest BCUT2D eigenvalue weighted by atomic mass is 16.5. The van der Waals surface area contributed by atoms with E-state index in [9.17, 15) is 9.59 Å². The Hall–Kier alpha value is -3.02. The fourth-order valence-corrected chi connectivity index (χ4v) is 2.50. The summed E-state index contributed by atoms with van der Waals surface area (Å²) in [6.45, 7) is 4.02. The molecule has 144 valence electrons. The molecule has 0 saturated heterocycles. The van der Waals surface area contributed by atoms with Crippen LogP contribution < -0.4 is 14.8 Å². The largest absolute Gasteiger partial charge is 0.497 e. The summed E-state index contributed by atoms with van der Waals surface area (Å²) in [6, 6.07) is 14.6. The van der Waals surface area contributed by atoms with Crippen LogP contribution in [0.2, 0.25) is 0 Å². The SMILES string of the molecule is COc1cc(OC)cc(C(=O)O[C@@H](C)C(=O)NC[C@H](C)c2ccccc2)c1. The van der Waals surface area contributed by atoms with Crippen molar-refractivity contribution in [3.63, 3.8) is 0 Å². The van der Waals surface area contributed by atoms with Gasteiger partial charge in [-0.25, -0.2) is 4.79 Å². The minimum atomic E-state index is -0.919. The molecule has 0 radical (unpaired) electrons. The van der Waals surface area contributed by atoms with Crippen molar-refractivity contribution in [1.82, 2.24) is 5.32 Å². The van der Waals surface area contributed by atoms with Gasteiger partial charge in [0.15, 0.2) is 6.10 Å². The molecule has 6 heteroatoms. The molecular formula is C21H25NO5. The van der Waals surface area contributed by atoms with Crippen LogP contribution in [0.3, 0.4) is 0 Å². The zero-order chi connectivity index (χ0) is 19.8.